The summed E-state index contributed by atoms with van der Waals surface area (Å²) in [6.45, 7) is 1.80. The minimum atomic E-state index is -0.355. The standard InChI is InChI=1S/C13H13NO3S/c1-8-11(13(15)17-3)12(18-14-8)9-4-6-10(16-2)7-5-9/h4-7H,1-3H3. The van der Waals surface area contributed by atoms with Crippen molar-refractivity contribution in [3.63, 3.8) is 0 Å². The van der Waals surface area contributed by atoms with E-state index in [-0.39, 0.29) is 5.97 Å². The van der Waals surface area contributed by atoms with Gasteiger partial charge < -0.3 is 9.47 Å². The number of rotatable bonds is 3. The van der Waals surface area contributed by atoms with Crippen LogP contribution in [0.1, 0.15) is 16.1 Å². The number of ether oxygens (including phenoxy) is 2. The predicted octanol–water partition coefficient (Wildman–Crippen LogP) is 2.91. The number of methoxy groups -OCH3 is 2. The number of benzene rings is 1. The van der Waals surface area contributed by atoms with Crippen molar-refractivity contribution < 1.29 is 14.3 Å². The van der Waals surface area contributed by atoms with Crippen molar-refractivity contribution in [2.45, 2.75) is 6.92 Å². The summed E-state index contributed by atoms with van der Waals surface area (Å²) in [6, 6.07) is 7.51. The van der Waals surface area contributed by atoms with Gasteiger partial charge in [0.2, 0.25) is 0 Å². The van der Waals surface area contributed by atoms with Gasteiger partial charge in [-0.2, -0.15) is 4.37 Å². The zero-order valence-corrected chi connectivity index (χ0v) is 11.2. The van der Waals surface area contributed by atoms with Crippen LogP contribution in [0.4, 0.5) is 0 Å². The maximum atomic E-state index is 11.7. The summed E-state index contributed by atoms with van der Waals surface area (Å²) in [7, 11) is 2.99. The maximum absolute atomic E-state index is 11.7. The number of hydrogen-bond acceptors (Lipinski definition) is 5. The van der Waals surface area contributed by atoms with Crippen molar-refractivity contribution >= 4 is 17.5 Å². The van der Waals surface area contributed by atoms with Crippen LogP contribution in [-0.4, -0.2) is 24.6 Å². The first-order valence-electron chi connectivity index (χ1n) is 5.36. The third-order valence-corrected chi connectivity index (χ3v) is 3.59. The van der Waals surface area contributed by atoms with Crippen molar-refractivity contribution in [3.05, 3.63) is 35.5 Å². The average Bonchev–Trinajstić information content (AvgIpc) is 2.80. The van der Waals surface area contributed by atoms with Gasteiger partial charge in [-0.15, -0.1) is 0 Å². The summed E-state index contributed by atoms with van der Waals surface area (Å²) in [6.07, 6.45) is 0. The largest absolute Gasteiger partial charge is 0.497 e. The quantitative estimate of drug-likeness (QED) is 0.799. The van der Waals surface area contributed by atoms with E-state index in [9.17, 15) is 4.79 Å². The first-order chi connectivity index (χ1) is 8.67. The Morgan fingerprint density at radius 2 is 1.89 bits per heavy atom. The first-order valence-corrected chi connectivity index (χ1v) is 6.13. The molecule has 0 unspecified atom stereocenters. The van der Waals surface area contributed by atoms with Crippen LogP contribution in [0, 0.1) is 6.92 Å². The van der Waals surface area contributed by atoms with Crippen molar-refractivity contribution in [2.75, 3.05) is 14.2 Å². The molecule has 0 amide bonds. The van der Waals surface area contributed by atoms with Gasteiger partial charge >= 0.3 is 5.97 Å². The summed E-state index contributed by atoms with van der Waals surface area (Å²) in [4.78, 5) is 12.6. The second-order valence-electron chi connectivity index (χ2n) is 3.69. The van der Waals surface area contributed by atoms with Crippen LogP contribution in [-0.2, 0) is 4.74 Å². The Bertz CT molecular complexity index is 560. The molecule has 0 bridgehead atoms. The van der Waals surface area contributed by atoms with E-state index < -0.39 is 0 Å². The van der Waals surface area contributed by atoms with E-state index in [1.807, 2.05) is 24.3 Å². The van der Waals surface area contributed by atoms with Crippen LogP contribution in [0.25, 0.3) is 10.4 Å². The Balaban J connectivity index is 2.47. The van der Waals surface area contributed by atoms with E-state index >= 15 is 0 Å². The molecule has 1 aromatic carbocycles. The molecule has 0 atom stereocenters. The highest BCUT2D eigenvalue weighted by Gasteiger charge is 2.19. The number of aryl methyl sites for hydroxylation is 1. The third-order valence-electron chi connectivity index (χ3n) is 2.60. The normalized spacial score (nSPS) is 10.2. The van der Waals surface area contributed by atoms with E-state index in [1.54, 1.807) is 14.0 Å². The van der Waals surface area contributed by atoms with Crippen LogP contribution in [0.15, 0.2) is 24.3 Å². The maximum Gasteiger partial charge on any atom is 0.341 e. The van der Waals surface area contributed by atoms with Gasteiger partial charge in [0.1, 0.15) is 11.3 Å². The predicted molar refractivity (Wildman–Crippen MR) is 70.2 cm³/mol. The summed E-state index contributed by atoms with van der Waals surface area (Å²) in [5.74, 6) is 0.423. The lowest BCUT2D eigenvalue weighted by Gasteiger charge is -2.04. The molecule has 0 spiro atoms. The van der Waals surface area contributed by atoms with E-state index in [0.29, 0.717) is 11.3 Å². The van der Waals surface area contributed by atoms with Gasteiger partial charge in [-0.1, -0.05) is 0 Å². The fraction of sp³-hybridized carbons (Fsp3) is 0.231. The molecule has 0 aliphatic rings. The third kappa shape index (κ3) is 2.22. The number of carbonyl (C=O) groups is 1. The average molecular weight is 263 g/mol. The Morgan fingerprint density at radius 3 is 2.44 bits per heavy atom. The molecular weight excluding hydrogens is 250 g/mol. The lowest BCUT2D eigenvalue weighted by molar-refractivity contribution is 0.0601. The van der Waals surface area contributed by atoms with Crippen molar-refractivity contribution in [3.8, 4) is 16.2 Å². The van der Waals surface area contributed by atoms with Gasteiger partial charge in [-0.25, -0.2) is 4.79 Å². The van der Waals surface area contributed by atoms with E-state index in [1.165, 1.54) is 18.6 Å². The first kappa shape index (κ1) is 12.6. The number of carbonyl (C=O) groups excluding carboxylic acids is 1. The van der Waals surface area contributed by atoms with E-state index in [0.717, 1.165) is 16.2 Å². The molecule has 2 rings (SSSR count). The van der Waals surface area contributed by atoms with Crippen LogP contribution >= 0.6 is 11.5 Å². The van der Waals surface area contributed by atoms with Crippen molar-refractivity contribution in [2.24, 2.45) is 0 Å². The molecule has 0 N–H and O–H groups in total. The Labute approximate surface area is 109 Å². The smallest absolute Gasteiger partial charge is 0.341 e. The van der Waals surface area contributed by atoms with Crippen molar-refractivity contribution in [1.82, 2.24) is 4.37 Å². The van der Waals surface area contributed by atoms with E-state index in [4.69, 9.17) is 9.47 Å². The van der Waals surface area contributed by atoms with E-state index in [2.05, 4.69) is 4.37 Å². The number of esters is 1. The molecular formula is C13H13NO3S. The van der Waals surface area contributed by atoms with Crippen LogP contribution in [0.2, 0.25) is 0 Å². The Hall–Kier alpha value is -1.88. The molecule has 0 fully saturated rings. The van der Waals surface area contributed by atoms with Crippen LogP contribution in [0.3, 0.4) is 0 Å². The molecule has 5 heteroatoms. The minimum Gasteiger partial charge on any atom is -0.497 e. The lowest BCUT2D eigenvalue weighted by Crippen LogP contribution is -2.03. The van der Waals surface area contributed by atoms with Gasteiger partial charge in [0.15, 0.2) is 0 Å². The summed E-state index contributed by atoms with van der Waals surface area (Å²) >= 11 is 1.29. The SMILES string of the molecule is COC(=O)c1c(C)nsc1-c1ccc(OC)cc1. The molecule has 18 heavy (non-hydrogen) atoms. The number of aromatic nitrogens is 1. The molecule has 94 valence electrons. The molecule has 0 radical (unpaired) electrons. The molecule has 0 aliphatic heterocycles. The number of nitrogens with zero attached hydrogens (tertiary/aromatic N) is 1. The number of hydrogen-bond donors (Lipinski definition) is 0. The fourth-order valence-electron chi connectivity index (χ4n) is 1.65. The zero-order valence-electron chi connectivity index (χ0n) is 10.4. The zero-order chi connectivity index (χ0) is 13.1. The molecule has 0 saturated carbocycles. The van der Waals surface area contributed by atoms with Gasteiger partial charge in [-0.3, -0.25) is 0 Å². The summed E-state index contributed by atoms with van der Waals surface area (Å²) in [5.41, 5.74) is 2.16. The lowest BCUT2D eigenvalue weighted by atomic mass is 10.1. The highest BCUT2D eigenvalue weighted by atomic mass is 32.1. The van der Waals surface area contributed by atoms with Gasteiger partial charge in [-0.05, 0) is 48.3 Å². The molecule has 2 aromatic rings. The van der Waals surface area contributed by atoms with Crippen LogP contribution < -0.4 is 4.74 Å². The fourth-order valence-corrected chi connectivity index (χ4v) is 2.53. The van der Waals surface area contributed by atoms with Crippen LogP contribution in [0.5, 0.6) is 5.75 Å². The second-order valence-corrected chi connectivity index (χ2v) is 4.47. The molecule has 0 saturated heterocycles. The monoisotopic (exact) mass is 263 g/mol. The summed E-state index contributed by atoms with van der Waals surface area (Å²) < 4.78 is 14.1. The van der Waals surface area contributed by atoms with Gasteiger partial charge in [0, 0.05) is 0 Å². The molecule has 1 heterocycles. The van der Waals surface area contributed by atoms with Crippen molar-refractivity contribution in [1.29, 1.82) is 0 Å². The Kier molecular flexibility index (Phi) is 3.62. The second kappa shape index (κ2) is 5.18. The van der Waals surface area contributed by atoms with Gasteiger partial charge in [0.25, 0.3) is 0 Å². The Morgan fingerprint density at radius 1 is 1.22 bits per heavy atom. The molecule has 1 aromatic heterocycles. The van der Waals surface area contributed by atoms with Gasteiger partial charge in [0.05, 0.1) is 24.8 Å². The summed E-state index contributed by atoms with van der Waals surface area (Å²) in [5, 5.41) is 0. The molecule has 4 nitrogen and oxygen atoms in total. The highest BCUT2D eigenvalue weighted by molar-refractivity contribution is 7.10. The topological polar surface area (TPSA) is 48.4 Å². The molecule has 0 aliphatic carbocycles. The minimum absolute atomic E-state index is 0.355. The highest BCUT2D eigenvalue weighted by Crippen LogP contribution is 2.31.